The van der Waals surface area contributed by atoms with Gasteiger partial charge in [0.2, 0.25) is 11.8 Å². The number of benzene rings is 3. The summed E-state index contributed by atoms with van der Waals surface area (Å²) in [7, 11) is 0. The van der Waals surface area contributed by atoms with E-state index in [-0.39, 0.29) is 17.7 Å². The van der Waals surface area contributed by atoms with E-state index in [0.717, 1.165) is 22.4 Å². The molecule has 1 aliphatic carbocycles. The summed E-state index contributed by atoms with van der Waals surface area (Å²) in [5, 5.41) is 3.03. The Morgan fingerprint density at radius 3 is 1.94 bits per heavy atom. The predicted molar refractivity (Wildman–Crippen MR) is 132 cm³/mol. The van der Waals surface area contributed by atoms with Crippen molar-refractivity contribution in [3.05, 3.63) is 114 Å². The van der Waals surface area contributed by atoms with Gasteiger partial charge in [-0.2, -0.15) is 0 Å². The molecule has 33 heavy (non-hydrogen) atoms. The number of hydrogen-bond donors (Lipinski definition) is 1. The maximum absolute atomic E-state index is 13.8. The molecule has 3 aromatic rings. The van der Waals surface area contributed by atoms with Gasteiger partial charge in [-0.05, 0) is 48.6 Å². The minimum absolute atomic E-state index is 0.0245. The number of rotatable bonds is 7. The van der Waals surface area contributed by atoms with Crippen LogP contribution in [0.25, 0.3) is 0 Å². The summed E-state index contributed by atoms with van der Waals surface area (Å²) in [6.45, 7) is 3.03. The lowest BCUT2D eigenvalue weighted by Gasteiger charge is -2.32. The fraction of sp³-hybridized carbons (Fsp3) is 0.241. The smallest absolute Gasteiger partial charge is 0.228 e. The van der Waals surface area contributed by atoms with Crippen molar-refractivity contribution in [1.29, 1.82) is 0 Å². The number of nitrogens with zero attached hydrogens (tertiary/aromatic N) is 1. The quantitative estimate of drug-likeness (QED) is 0.478. The first-order valence-corrected chi connectivity index (χ1v) is 11.5. The van der Waals surface area contributed by atoms with Gasteiger partial charge in [0.25, 0.3) is 0 Å². The number of nitrogens with one attached hydrogen (secondary N) is 1. The standard InChI is InChI=1S/C29H30N2O2/c1-22-11-10-16-25(19-22)30-28(32)26-17-8-9-18-27(26)29(33)31(20-23-12-4-2-5-13-23)21-24-14-6-3-7-15-24/h2-16,19,26-27H,17-18,20-21H2,1H3,(H,30,32). The molecule has 0 radical (unpaired) electrons. The van der Waals surface area contributed by atoms with E-state index >= 15 is 0 Å². The van der Waals surface area contributed by atoms with Gasteiger partial charge in [-0.1, -0.05) is 84.9 Å². The Labute approximate surface area is 195 Å². The molecule has 3 aromatic carbocycles. The molecule has 0 aliphatic heterocycles. The van der Waals surface area contributed by atoms with E-state index in [1.54, 1.807) is 0 Å². The number of anilines is 1. The summed E-state index contributed by atoms with van der Waals surface area (Å²) < 4.78 is 0. The molecular formula is C29H30N2O2. The van der Waals surface area contributed by atoms with Crippen LogP contribution in [0.15, 0.2) is 97.1 Å². The summed E-state index contributed by atoms with van der Waals surface area (Å²) >= 11 is 0. The Balaban J connectivity index is 1.55. The van der Waals surface area contributed by atoms with Crippen LogP contribution in [0.4, 0.5) is 5.69 Å². The van der Waals surface area contributed by atoms with Crippen LogP contribution in [0.3, 0.4) is 0 Å². The first-order chi connectivity index (χ1) is 16.1. The third kappa shape index (κ3) is 5.98. The third-order valence-corrected chi connectivity index (χ3v) is 6.12. The van der Waals surface area contributed by atoms with Crippen molar-refractivity contribution in [2.24, 2.45) is 11.8 Å². The molecule has 4 nitrogen and oxygen atoms in total. The Morgan fingerprint density at radius 1 is 0.788 bits per heavy atom. The van der Waals surface area contributed by atoms with Crippen molar-refractivity contribution < 1.29 is 9.59 Å². The molecular weight excluding hydrogens is 408 g/mol. The highest BCUT2D eigenvalue weighted by atomic mass is 16.2. The zero-order chi connectivity index (χ0) is 23.0. The number of carbonyl (C=O) groups is 2. The lowest BCUT2D eigenvalue weighted by atomic mass is 9.81. The van der Waals surface area contributed by atoms with Crippen LogP contribution in [-0.4, -0.2) is 16.7 Å². The molecule has 2 atom stereocenters. The Hall–Kier alpha value is -3.66. The molecule has 0 spiro atoms. The molecule has 2 unspecified atom stereocenters. The average Bonchev–Trinajstić information content (AvgIpc) is 2.84. The highest BCUT2D eigenvalue weighted by molar-refractivity contribution is 5.96. The lowest BCUT2D eigenvalue weighted by Crippen LogP contribution is -2.42. The van der Waals surface area contributed by atoms with E-state index in [2.05, 4.69) is 5.32 Å². The van der Waals surface area contributed by atoms with Crippen molar-refractivity contribution in [1.82, 2.24) is 4.90 Å². The second kappa shape index (κ2) is 10.8. The van der Waals surface area contributed by atoms with E-state index in [0.29, 0.717) is 25.9 Å². The molecule has 0 saturated heterocycles. The molecule has 4 heteroatoms. The topological polar surface area (TPSA) is 49.4 Å². The average molecular weight is 439 g/mol. The molecule has 168 valence electrons. The fourth-order valence-corrected chi connectivity index (χ4v) is 4.39. The normalized spacial score (nSPS) is 17.4. The van der Waals surface area contributed by atoms with Crippen LogP contribution >= 0.6 is 0 Å². The number of allylic oxidation sites excluding steroid dienone is 2. The van der Waals surface area contributed by atoms with Gasteiger partial charge in [-0.15, -0.1) is 0 Å². The zero-order valence-electron chi connectivity index (χ0n) is 19.0. The SMILES string of the molecule is Cc1cccc(NC(=O)C2CC=CCC2C(=O)N(Cc2ccccc2)Cc2ccccc2)c1. The highest BCUT2D eigenvalue weighted by Gasteiger charge is 2.36. The van der Waals surface area contributed by atoms with E-state index in [4.69, 9.17) is 0 Å². The van der Waals surface area contributed by atoms with Crippen molar-refractivity contribution in [2.45, 2.75) is 32.9 Å². The Bertz CT molecular complexity index is 1070. The van der Waals surface area contributed by atoms with Gasteiger partial charge in [-0.3, -0.25) is 9.59 Å². The Kier molecular flexibility index (Phi) is 7.36. The van der Waals surface area contributed by atoms with Crippen molar-refractivity contribution >= 4 is 17.5 Å². The van der Waals surface area contributed by atoms with Crippen molar-refractivity contribution in [3.63, 3.8) is 0 Å². The summed E-state index contributed by atoms with van der Waals surface area (Å²) in [6.07, 6.45) is 5.19. The second-order valence-electron chi connectivity index (χ2n) is 8.68. The molecule has 0 aromatic heterocycles. The molecule has 1 aliphatic rings. The van der Waals surface area contributed by atoms with E-state index < -0.39 is 5.92 Å². The maximum Gasteiger partial charge on any atom is 0.228 e. The largest absolute Gasteiger partial charge is 0.334 e. The van der Waals surface area contributed by atoms with Gasteiger partial charge in [0.1, 0.15) is 0 Å². The van der Waals surface area contributed by atoms with Gasteiger partial charge in [0, 0.05) is 18.8 Å². The predicted octanol–water partition coefficient (Wildman–Crippen LogP) is 5.74. The van der Waals surface area contributed by atoms with Crippen LogP contribution in [-0.2, 0) is 22.7 Å². The van der Waals surface area contributed by atoms with Crippen molar-refractivity contribution in [3.8, 4) is 0 Å². The number of amides is 2. The number of aryl methyl sites for hydroxylation is 1. The van der Waals surface area contributed by atoms with E-state index in [1.807, 2.05) is 109 Å². The molecule has 0 saturated carbocycles. The minimum Gasteiger partial charge on any atom is -0.334 e. The van der Waals surface area contributed by atoms with E-state index in [9.17, 15) is 9.59 Å². The number of hydrogen-bond acceptors (Lipinski definition) is 2. The van der Waals surface area contributed by atoms with Gasteiger partial charge in [0.05, 0.1) is 11.8 Å². The van der Waals surface area contributed by atoms with Gasteiger partial charge < -0.3 is 10.2 Å². The fourth-order valence-electron chi connectivity index (χ4n) is 4.39. The highest BCUT2D eigenvalue weighted by Crippen LogP contribution is 2.30. The molecule has 0 bridgehead atoms. The van der Waals surface area contributed by atoms with Crippen LogP contribution in [0.5, 0.6) is 0 Å². The van der Waals surface area contributed by atoms with Crippen molar-refractivity contribution in [2.75, 3.05) is 5.32 Å². The molecule has 1 N–H and O–H groups in total. The van der Waals surface area contributed by atoms with Crippen LogP contribution in [0.1, 0.15) is 29.5 Å². The molecule has 0 fully saturated rings. The number of carbonyl (C=O) groups excluding carboxylic acids is 2. The second-order valence-corrected chi connectivity index (χ2v) is 8.68. The summed E-state index contributed by atoms with van der Waals surface area (Å²) in [5.41, 5.74) is 4.01. The van der Waals surface area contributed by atoms with Crippen LogP contribution in [0, 0.1) is 18.8 Å². The van der Waals surface area contributed by atoms with E-state index in [1.165, 1.54) is 0 Å². The van der Waals surface area contributed by atoms with Gasteiger partial charge >= 0.3 is 0 Å². The first kappa shape index (κ1) is 22.5. The summed E-state index contributed by atoms with van der Waals surface area (Å²) in [6, 6.07) is 27.8. The molecule has 0 heterocycles. The monoisotopic (exact) mass is 438 g/mol. The van der Waals surface area contributed by atoms with Gasteiger partial charge in [-0.25, -0.2) is 0 Å². The lowest BCUT2D eigenvalue weighted by molar-refractivity contribution is -0.142. The summed E-state index contributed by atoms with van der Waals surface area (Å²) in [5.74, 6) is -0.844. The molecule has 2 amide bonds. The third-order valence-electron chi connectivity index (χ3n) is 6.12. The first-order valence-electron chi connectivity index (χ1n) is 11.5. The maximum atomic E-state index is 13.8. The summed E-state index contributed by atoms with van der Waals surface area (Å²) in [4.78, 5) is 28.9. The van der Waals surface area contributed by atoms with Crippen LogP contribution in [0.2, 0.25) is 0 Å². The van der Waals surface area contributed by atoms with Crippen LogP contribution < -0.4 is 5.32 Å². The van der Waals surface area contributed by atoms with Gasteiger partial charge in [0.15, 0.2) is 0 Å². The molecule has 4 rings (SSSR count). The zero-order valence-corrected chi connectivity index (χ0v) is 19.0. The Morgan fingerprint density at radius 2 is 1.36 bits per heavy atom. The minimum atomic E-state index is -0.392.